The molecule has 3 rings (SSSR count). The molecule has 0 radical (unpaired) electrons. The maximum atomic E-state index is 12.8. The van der Waals surface area contributed by atoms with Crippen molar-refractivity contribution >= 4 is 29.5 Å². The van der Waals surface area contributed by atoms with Crippen molar-refractivity contribution in [1.82, 2.24) is 10.6 Å². The molecule has 1 atom stereocenters. The fourth-order valence-corrected chi connectivity index (χ4v) is 3.48. The van der Waals surface area contributed by atoms with Crippen molar-refractivity contribution in [3.63, 3.8) is 0 Å². The van der Waals surface area contributed by atoms with E-state index in [1.54, 1.807) is 49.6 Å². The summed E-state index contributed by atoms with van der Waals surface area (Å²) in [5, 5.41) is 5.67. The van der Waals surface area contributed by atoms with E-state index in [2.05, 4.69) is 10.6 Å². The summed E-state index contributed by atoms with van der Waals surface area (Å²) in [5.41, 5.74) is 6.82. The van der Waals surface area contributed by atoms with E-state index in [0.717, 1.165) is 11.1 Å². The molecule has 0 heterocycles. The van der Waals surface area contributed by atoms with Gasteiger partial charge in [0.1, 0.15) is 29.9 Å². The number of hydrogen-bond donors (Lipinski definition) is 3. The van der Waals surface area contributed by atoms with Gasteiger partial charge in [-0.2, -0.15) is 0 Å². The van der Waals surface area contributed by atoms with Gasteiger partial charge < -0.3 is 30.6 Å². The molecule has 37 heavy (non-hydrogen) atoms. The number of amides is 3. The van der Waals surface area contributed by atoms with E-state index >= 15 is 0 Å². The third-order valence-electron chi connectivity index (χ3n) is 5.26. The van der Waals surface area contributed by atoms with Crippen LogP contribution >= 0.6 is 11.6 Å². The number of alkyl carbamates (subject to hydrolysis) is 1. The Kier molecular flexibility index (Phi) is 10.2. The van der Waals surface area contributed by atoms with E-state index in [1.165, 1.54) is 0 Å². The number of carbonyl (C=O) groups excluding carboxylic acids is 3. The molecule has 0 aromatic heterocycles. The zero-order valence-corrected chi connectivity index (χ0v) is 21.0. The smallest absolute Gasteiger partial charge is 0.408 e. The van der Waals surface area contributed by atoms with E-state index in [0.29, 0.717) is 22.3 Å². The fraction of sp³-hybridized carbons (Fsp3) is 0.222. The van der Waals surface area contributed by atoms with Crippen molar-refractivity contribution < 1.29 is 28.6 Å². The van der Waals surface area contributed by atoms with Gasteiger partial charge in [0.05, 0.1) is 12.1 Å². The molecule has 10 heteroatoms. The number of benzene rings is 3. The van der Waals surface area contributed by atoms with Crippen LogP contribution in [0.4, 0.5) is 4.79 Å². The minimum atomic E-state index is -0.990. The van der Waals surface area contributed by atoms with Gasteiger partial charge in [-0.05, 0) is 41.8 Å². The van der Waals surface area contributed by atoms with Crippen LogP contribution in [0.2, 0.25) is 5.02 Å². The van der Waals surface area contributed by atoms with Crippen LogP contribution in [0.1, 0.15) is 24.0 Å². The van der Waals surface area contributed by atoms with E-state index < -0.39 is 23.9 Å². The average molecular weight is 526 g/mol. The minimum Gasteiger partial charge on any atom is -0.497 e. The molecule has 3 aromatic carbocycles. The fourth-order valence-electron chi connectivity index (χ4n) is 3.27. The number of halogens is 1. The SMILES string of the molecule is COc1ccc(Oc2ccc(CNC(=O)[C@@H](CCC(N)=O)NC(=O)OCc3ccccc3)cc2)c(Cl)c1. The summed E-state index contributed by atoms with van der Waals surface area (Å²) < 4.78 is 16.1. The second-order valence-electron chi connectivity index (χ2n) is 8.02. The quantitative estimate of drug-likeness (QED) is 0.323. The molecule has 0 bridgehead atoms. The Bertz CT molecular complexity index is 1200. The van der Waals surface area contributed by atoms with Gasteiger partial charge in [-0.3, -0.25) is 9.59 Å². The van der Waals surface area contributed by atoms with Gasteiger partial charge in [0.25, 0.3) is 0 Å². The highest BCUT2D eigenvalue weighted by atomic mass is 35.5. The van der Waals surface area contributed by atoms with Gasteiger partial charge in [-0.25, -0.2) is 4.79 Å². The molecule has 0 aliphatic rings. The Morgan fingerprint density at radius 2 is 1.65 bits per heavy atom. The summed E-state index contributed by atoms with van der Waals surface area (Å²) in [6.07, 6.45) is -0.805. The number of nitrogens with one attached hydrogen (secondary N) is 2. The summed E-state index contributed by atoms with van der Waals surface area (Å²) in [6.45, 7) is 0.239. The molecular weight excluding hydrogens is 498 g/mol. The number of ether oxygens (including phenoxy) is 3. The largest absolute Gasteiger partial charge is 0.497 e. The first-order valence-corrected chi connectivity index (χ1v) is 11.9. The second-order valence-corrected chi connectivity index (χ2v) is 8.43. The van der Waals surface area contributed by atoms with Gasteiger partial charge in [-0.1, -0.05) is 54.1 Å². The third kappa shape index (κ3) is 9.05. The highest BCUT2D eigenvalue weighted by Crippen LogP contribution is 2.32. The van der Waals surface area contributed by atoms with Crippen LogP contribution in [0, 0.1) is 0 Å². The van der Waals surface area contributed by atoms with Crippen molar-refractivity contribution in [2.24, 2.45) is 5.73 Å². The highest BCUT2D eigenvalue weighted by Gasteiger charge is 2.22. The van der Waals surface area contributed by atoms with Crippen LogP contribution in [0.5, 0.6) is 17.2 Å². The van der Waals surface area contributed by atoms with Gasteiger partial charge in [-0.15, -0.1) is 0 Å². The van der Waals surface area contributed by atoms with Crippen molar-refractivity contribution in [2.75, 3.05) is 7.11 Å². The van der Waals surface area contributed by atoms with Crippen LogP contribution in [0.3, 0.4) is 0 Å². The lowest BCUT2D eigenvalue weighted by atomic mass is 10.1. The Morgan fingerprint density at radius 1 is 0.946 bits per heavy atom. The van der Waals surface area contributed by atoms with E-state index in [-0.39, 0.29) is 26.0 Å². The molecule has 9 nitrogen and oxygen atoms in total. The molecule has 4 N–H and O–H groups in total. The van der Waals surface area contributed by atoms with E-state index in [4.69, 9.17) is 31.5 Å². The Morgan fingerprint density at radius 3 is 2.30 bits per heavy atom. The molecule has 3 amide bonds. The lowest BCUT2D eigenvalue weighted by molar-refractivity contribution is -0.123. The number of rotatable bonds is 12. The first kappa shape index (κ1) is 27.3. The van der Waals surface area contributed by atoms with E-state index in [9.17, 15) is 14.4 Å². The van der Waals surface area contributed by atoms with Gasteiger partial charge in [0.2, 0.25) is 11.8 Å². The van der Waals surface area contributed by atoms with Crippen LogP contribution in [-0.2, 0) is 27.5 Å². The van der Waals surface area contributed by atoms with E-state index in [1.807, 2.05) is 30.3 Å². The van der Waals surface area contributed by atoms with Crippen LogP contribution < -0.4 is 25.8 Å². The molecule has 0 spiro atoms. The first-order chi connectivity index (χ1) is 17.8. The number of carbonyl (C=O) groups is 3. The van der Waals surface area contributed by atoms with Crippen LogP contribution in [0.25, 0.3) is 0 Å². The van der Waals surface area contributed by atoms with Gasteiger partial charge in [0.15, 0.2) is 0 Å². The maximum absolute atomic E-state index is 12.8. The summed E-state index contributed by atoms with van der Waals surface area (Å²) in [6, 6.07) is 20.3. The maximum Gasteiger partial charge on any atom is 0.408 e. The topological polar surface area (TPSA) is 129 Å². The normalized spacial score (nSPS) is 11.2. The van der Waals surface area contributed by atoms with Crippen molar-refractivity contribution in [3.8, 4) is 17.2 Å². The second kappa shape index (κ2) is 13.7. The molecule has 0 aliphatic carbocycles. The zero-order chi connectivity index (χ0) is 26.6. The summed E-state index contributed by atoms with van der Waals surface area (Å²) >= 11 is 6.22. The predicted molar refractivity (Wildman–Crippen MR) is 138 cm³/mol. The van der Waals surface area contributed by atoms with Crippen LogP contribution in [-0.4, -0.2) is 31.1 Å². The Hall–Kier alpha value is -4.24. The highest BCUT2D eigenvalue weighted by molar-refractivity contribution is 6.32. The molecule has 0 unspecified atom stereocenters. The number of hydrogen-bond acceptors (Lipinski definition) is 6. The molecular formula is C27H28ClN3O6. The number of primary amides is 1. The molecule has 0 saturated carbocycles. The standard InChI is InChI=1S/C27H28ClN3O6/c1-35-21-11-13-24(22(28)15-21)37-20-9-7-18(8-10-20)16-30-26(33)23(12-14-25(29)32)31-27(34)36-17-19-5-3-2-4-6-19/h2-11,13,15,23H,12,14,16-17H2,1H3,(H2,29,32)(H,30,33)(H,31,34)/t23-/m1/s1. The van der Waals surface area contributed by atoms with Crippen molar-refractivity contribution in [1.29, 1.82) is 0 Å². The summed E-state index contributed by atoms with van der Waals surface area (Å²) in [5.74, 6) is 0.611. The average Bonchev–Trinajstić information content (AvgIpc) is 2.90. The zero-order valence-electron chi connectivity index (χ0n) is 20.2. The Labute approximate surface area is 219 Å². The number of methoxy groups -OCH3 is 1. The first-order valence-electron chi connectivity index (χ1n) is 11.5. The van der Waals surface area contributed by atoms with Crippen LogP contribution in [0.15, 0.2) is 72.8 Å². The van der Waals surface area contributed by atoms with Crippen molar-refractivity contribution in [2.45, 2.75) is 32.0 Å². The molecule has 0 fully saturated rings. The monoisotopic (exact) mass is 525 g/mol. The van der Waals surface area contributed by atoms with Crippen molar-refractivity contribution in [3.05, 3.63) is 88.9 Å². The molecule has 0 saturated heterocycles. The number of nitrogens with two attached hydrogens (primary N) is 1. The summed E-state index contributed by atoms with van der Waals surface area (Å²) in [4.78, 5) is 36.2. The molecule has 0 aliphatic heterocycles. The molecule has 3 aromatic rings. The third-order valence-corrected chi connectivity index (χ3v) is 5.55. The summed E-state index contributed by atoms with van der Waals surface area (Å²) in [7, 11) is 1.55. The Balaban J connectivity index is 1.53. The predicted octanol–water partition coefficient (Wildman–Crippen LogP) is 4.32. The lowest BCUT2D eigenvalue weighted by Crippen LogP contribution is -2.47. The molecule has 194 valence electrons. The van der Waals surface area contributed by atoms with Gasteiger partial charge in [0, 0.05) is 19.0 Å². The van der Waals surface area contributed by atoms with Gasteiger partial charge >= 0.3 is 6.09 Å². The lowest BCUT2D eigenvalue weighted by Gasteiger charge is -2.18. The minimum absolute atomic E-state index is 0.0387.